The van der Waals surface area contributed by atoms with Gasteiger partial charge in [0.05, 0.1) is 11.9 Å². The number of aromatic nitrogens is 2. The largest absolute Gasteiger partial charge is 0.335 e. The number of likely N-dealkylation sites (tertiary alicyclic amines) is 1. The Morgan fingerprint density at radius 1 is 1.37 bits per heavy atom. The van der Waals surface area contributed by atoms with Crippen LogP contribution in [0.2, 0.25) is 5.15 Å². The summed E-state index contributed by atoms with van der Waals surface area (Å²) in [6.07, 6.45) is 1.55. The summed E-state index contributed by atoms with van der Waals surface area (Å²) >= 11 is 7.88. The molecule has 19 heavy (non-hydrogen) atoms. The Hall–Kier alpha value is -1.20. The van der Waals surface area contributed by atoms with Crippen molar-refractivity contribution in [2.24, 2.45) is 0 Å². The molecular weight excluding hydrogens is 282 g/mol. The van der Waals surface area contributed by atoms with Gasteiger partial charge in [-0.25, -0.2) is 9.97 Å². The molecule has 0 N–H and O–H groups in total. The van der Waals surface area contributed by atoms with E-state index in [1.165, 1.54) is 4.88 Å². The topological polar surface area (TPSA) is 46.1 Å². The van der Waals surface area contributed by atoms with Gasteiger partial charge in [-0.05, 0) is 25.8 Å². The summed E-state index contributed by atoms with van der Waals surface area (Å²) in [7, 11) is 0. The van der Waals surface area contributed by atoms with Gasteiger partial charge in [-0.3, -0.25) is 4.79 Å². The molecule has 0 bridgehead atoms. The van der Waals surface area contributed by atoms with Crippen LogP contribution < -0.4 is 0 Å². The molecule has 100 valence electrons. The molecule has 3 rings (SSSR count). The molecule has 1 aliphatic heterocycles. The van der Waals surface area contributed by atoms with Gasteiger partial charge < -0.3 is 4.90 Å². The van der Waals surface area contributed by atoms with Crippen LogP contribution in [0.4, 0.5) is 0 Å². The average molecular weight is 296 g/mol. The molecule has 0 aromatic carbocycles. The van der Waals surface area contributed by atoms with Crippen molar-refractivity contribution in [1.82, 2.24) is 14.9 Å². The van der Waals surface area contributed by atoms with Crippen molar-refractivity contribution in [3.63, 3.8) is 0 Å². The van der Waals surface area contributed by atoms with Gasteiger partial charge >= 0.3 is 0 Å². The molecule has 0 aliphatic carbocycles. The number of aryl methyl sites for hydroxylation is 2. The van der Waals surface area contributed by atoms with Gasteiger partial charge in [0, 0.05) is 17.8 Å². The molecule has 2 aromatic rings. The van der Waals surface area contributed by atoms with Crippen LogP contribution in [0.1, 0.15) is 29.1 Å². The molecular formula is C13H14ClN3OS. The Labute approximate surface area is 120 Å². The van der Waals surface area contributed by atoms with E-state index >= 15 is 0 Å². The van der Waals surface area contributed by atoms with Gasteiger partial charge in [0.2, 0.25) is 5.91 Å². The van der Waals surface area contributed by atoms with E-state index in [1.54, 1.807) is 16.2 Å². The lowest BCUT2D eigenvalue weighted by molar-refractivity contribution is -0.128. The van der Waals surface area contributed by atoms with Gasteiger partial charge in [-0.15, -0.1) is 11.3 Å². The van der Waals surface area contributed by atoms with Gasteiger partial charge in [0.1, 0.15) is 9.98 Å². The second-order valence-corrected chi connectivity index (χ2v) is 6.37. The van der Waals surface area contributed by atoms with Crippen LogP contribution in [0.25, 0.3) is 10.2 Å². The smallest absolute Gasteiger partial charge is 0.223 e. The van der Waals surface area contributed by atoms with Gasteiger partial charge in [-0.1, -0.05) is 11.6 Å². The van der Waals surface area contributed by atoms with Crippen molar-refractivity contribution in [3.8, 4) is 0 Å². The third kappa shape index (κ3) is 2.21. The van der Waals surface area contributed by atoms with E-state index in [0.717, 1.165) is 28.7 Å². The normalized spacial score (nSPS) is 15.7. The predicted octanol–water partition coefficient (Wildman–Crippen LogP) is 3.08. The molecule has 0 atom stereocenters. The van der Waals surface area contributed by atoms with Crippen molar-refractivity contribution >= 4 is 39.1 Å². The predicted molar refractivity (Wildman–Crippen MR) is 76.6 cm³/mol. The lowest BCUT2D eigenvalue weighted by Crippen LogP contribution is -2.25. The summed E-state index contributed by atoms with van der Waals surface area (Å²) in [6, 6.07) is 0. The monoisotopic (exact) mass is 295 g/mol. The minimum Gasteiger partial charge on any atom is -0.335 e. The van der Waals surface area contributed by atoms with Crippen LogP contribution in [0.5, 0.6) is 0 Å². The molecule has 2 aromatic heterocycles. The second-order valence-electron chi connectivity index (χ2n) is 4.81. The zero-order valence-electron chi connectivity index (χ0n) is 10.9. The molecule has 3 heterocycles. The number of carbonyl (C=O) groups is 1. The summed E-state index contributed by atoms with van der Waals surface area (Å²) in [5, 5.41) is 1.44. The third-order valence-corrected chi connectivity index (χ3v) is 4.91. The number of hydrogen-bond acceptors (Lipinski definition) is 4. The maximum atomic E-state index is 11.6. The van der Waals surface area contributed by atoms with Crippen LogP contribution in [-0.2, 0) is 11.3 Å². The fourth-order valence-corrected chi connectivity index (χ4v) is 3.79. The summed E-state index contributed by atoms with van der Waals surface area (Å²) in [5.41, 5.74) is 1.15. The standard InChI is InChI=1S/C13H14ClN3OS/c1-7-8(2)19-13-11(7)12(14)15-9(16-13)6-17-5-3-4-10(17)18/h3-6H2,1-2H3. The molecule has 0 unspecified atom stereocenters. The first-order valence-electron chi connectivity index (χ1n) is 6.26. The van der Waals surface area contributed by atoms with Gasteiger partial charge in [-0.2, -0.15) is 0 Å². The van der Waals surface area contributed by atoms with Crippen molar-refractivity contribution in [1.29, 1.82) is 0 Å². The van der Waals surface area contributed by atoms with Crippen LogP contribution in [-0.4, -0.2) is 27.3 Å². The molecule has 1 aliphatic rings. The number of thiophene rings is 1. The van der Waals surface area contributed by atoms with Crippen molar-refractivity contribution in [2.75, 3.05) is 6.54 Å². The average Bonchev–Trinajstić information content (AvgIpc) is 2.85. The Bertz CT molecular complexity index is 667. The maximum Gasteiger partial charge on any atom is 0.223 e. The van der Waals surface area contributed by atoms with Crippen LogP contribution in [0.3, 0.4) is 0 Å². The van der Waals surface area contributed by atoms with E-state index in [0.29, 0.717) is 23.9 Å². The summed E-state index contributed by atoms with van der Waals surface area (Å²) < 4.78 is 0. The first-order valence-corrected chi connectivity index (χ1v) is 7.45. The number of rotatable bonds is 2. The van der Waals surface area contributed by atoms with E-state index in [-0.39, 0.29) is 5.91 Å². The number of halogens is 1. The molecule has 0 saturated carbocycles. The molecule has 0 spiro atoms. The zero-order chi connectivity index (χ0) is 13.6. The first-order chi connectivity index (χ1) is 9.06. The second kappa shape index (κ2) is 4.72. The molecule has 1 saturated heterocycles. The minimum atomic E-state index is 0.179. The first kappa shape index (κ1) is 12.8. The summed E-state index contributed by atoms with van der Waals surface area (Å²) in [5.74, 6) is 0.812. The van der Waals surface area contributed by atoms with Crippen LogP contribution in [0.15, 0.2) is 0 Å². The SMILES string of the molecule is Cc1sc2nc(CN3CCCC3=O)nc(Cl)c2c1C. The van der Waals surface area contributed by atoms with E-state index in [1.807, 2.05) is 6.92 Å². The number of carbonyl (C=O) groups excluding carboxylic acids is 1. The molecule has 6 heteroatoms. The quantitative estimate of drug-likeness (QED) is 0.800. The number of hydrogen-bond donors (Lipinski definition) is 0. The highest BCUT2D eigenvalue weighted by Crippen LogP contribution is 2.33. The summed E-state index contributed by atoms with van der Waals surface area (Å²) in [4.78, 5) is 24.4. The third-order valence-electron chi connectivity index (χ3n) is 3.53. The lowest BCUT2D eigenvalue weighted by atomic mass is 10.2. The molecule has 4 nitrogen and oxygen atoms in total. The number of nitrogens with zero attached hydrogens (tertiary/aromatic N) is 3. The van der Waals surface area contributed by atoms with E-state index < -0.39 is 0 Å². The lowest BCUT2D eigenvalue weighted by Gasteiger charge is -2.14. The molecule has 1 amide bonds. The van der Waals surface area contributed by atoms with Gasteiger partial charge in [0.15, 0.2) is 5.82 Å². The summed E-state index contributed by atoms with van der Waals surface area (Å²) in [6.45, 7) is 5.35. The van der Waals surface area contributed by atoms with Crippen molar-refractivity contribution in [3.05, 3.63) is 21.4 Å². The highest BCUT2D eigenvalue weighted by Gasteiger charge is 2.22. The van der Waals surface area contributed by atoms with E-state index in [2.05, 4.69) is 16.9 Å². The fraction of sp³-hybridized carbons (Fsp3) is 0.462. The highest BCUT2D eigenvalue weighted by molar-refractivity contribution is 7.18. The Morgan fingerprint density at radius 2 is 2.16 bits per heavy atom. The Balaban J connectivity index is 1.99. The van der Waals surface area contributed by atoms with Crippen LogP contribution >= 0.6 is 22.9 Å². The highest BCUT2D eigenvalue weighted by atomic mass is 35.5. The maximum absolute atomic E-state index is 11.6. The van der Waals surface area contributed by atoms with Gasteiger partial charge in [0.25, 0.3) is 0 Å². The number of amides is 1. The Morgan fingerprint density at radius 3 is 2.84 bits per heavy atom. The van der Waals surface area contributed by atoms with E-state index in [9.17, 15) is 4.79 Å². The van der Waals surface area contributed by atoms with Crippen molar-refractivity contribution < 1.29 is 4.79 Å². The molecule has 0 radical (unpaired) electrons. The zero-order valence-corrected chi connectivity index (χ0v) is 12.4. The molecule has 1 fully saturated rings. The minimum absolute atomic E-state index is 0.179. The van der Waals surface area contributed by atoms with Crippen LogP contribution in [0, 0.1) is 13.8 Å². The Kier molecular flexibility index (Phi) is 3.19. The van der Waals surface area contributed by atoms with Crippen molar-refractivity contribution in [2.45, 2.75) is 33.2 Å². The van der Waals surface area contributed by atoms with E-state index in [4.69, 9.17) is 11.6 Å². The fourth-order valence-electron chi connectivity index (χ4n) is 2.35. The number of fused-ring (bicyclic) bond motifs is 1.